The lowest BCUT2D eigenvalue weighted by molar-refractivity contribution is 0.0935. The van der Waals surface area contributed by atoms with Crippen LogP contribution in [0.5, 0.6) is 5.75 Å². The number of ether oxygens (including phenoxy) is 1. The minimum Gasteiger partial charge on any atom is -0.491 e. The molecule has 1 unspecified atom stereocenters. The maximum Gasteiger partial charge on any atom is 0.332 e. The molecule has 1 fully saturated rings. The van der Waals surface area contributed by atoms with Gasteiger partial charge in [-0.05, 0) is 56.4 Å². The molecule has 1 N–H and O–H groups in total. The lowest BCUT2D eigenvalue weighted by Crippen LogP contribution is -2.38. The number of nitrogens with zero attached hydrogens (tertiary/aromatic N) is 5. The van der Waals surface area contributed by atoms with Crippen LogP contribution in [0.3, 0.4) is 0 Å². The second kappa shape index (κ2) is 8.82. The third-order valence-corrected chi connectivity index (χ3v) is 6.28. The van der Waals surface area contributed by atoms with E-state index >= 15 is 0 Å². The second-order valence-electron chi connectivity index (χ2n) is 8.66. The van der Waals surface area contributed by atoms with Crippen molar-refractivity contribution in [2.24, 2.45) is 14.1 Å². The Balaban J connectivity index is 1.68. The van der Waals surface area contributed by atoms with E-state index < -0.39 is 17.4 Å². The van der Waals surface area contributed by atoms with Crippen LogP contribution >= 0.6 is 0 Å². The number of imidazole rings is 1. The molecule has 1 aromatic carbocycles. The van der Waals surface area contributed by atoms with Gasteiger partial charge in [0.05, 0.1) is 6.54 Å². The van der Waals surface area contributed by atoms with Gasteiger partial charge in [-0.2, -0.15) is 4.98 Å². The van der Waals surface area contributed by atoms with Crippen molar-refractivity contribution in [3.8, 4) is 5.75 Å². The Morgan fingerprint density at radius 1 is 1.06 bits per heavy atom. The standard InChI is InChI=1S/C23H31N5O4/c1-15-8-9-18(12-16(15)2)32-14-17(29)13-28-19-20(25(3)23(31)26(4)21(19)30)24-22(28)27-10-6-5-7-11-27/h8-9,12,17,29H,5-7,10-11,13-14H2,1-4H3. The number of hydrogen-bond donors (Lipinski definition) is 1. The quantitative estimate of drug-likeness (QED) is 0.623. The zero-order chi connectivity index (χ0) is 23.0. The number of benzene rings is 1. The van der Waals surface area contributed by atoms with Gasteiger partial charge in [-0.25, -0.2) is 4.79 Å². The van der Waals surface area contributed by atoms with Gasteiger partial charge in [0.2, 0.25) is 5.95 Å². The summed E-state index contributed by atoms with van der Waals surface area (Å²) < 4.78 is 10.0. The SMILES string of the molecule is Cc1ccc(OCC(O)Cn2c(N3CCCCC3)nc3c2c(=O)n(C)c(=O)n3C)cc1C. The van der Waals surface area contributed by atoms with Crippen LogP contribution in [-0.2, 0) is 20.6 Å². The highest BCUT2D eigenvalue weighted by Crippen LogP contribution is 2.24. The Labute approximate surface area is 186 Å². The molecule has 9 heteroatoms. The van der Waals surface area contributed by atoms with Gasteiger partial charge in [0.25, 0.3) is 5.56 Å². The van der Waals surface area contributed by atoms with E-state index in [9.17, 15) is 14.7 Å². The average molecular weight is 442 g/mol. The molecule has 0 bridgehead atoms. The number of aryl methyl sites for hydroxylation is 3. The fraction of sp³-hybridized carbons (Fsp3) is 0.522. The highest BCUT2D eigenvalue weighted by molar-refractivity contribution is 5.74. The van der Waals surface area contributed by atoms with Crippen LogP contribution in [0.1, 0.15) is 30.4 Å². The van der Waals surface area contributed by atoms with Crippen molar-refractivity contribution in [3.63, 3.8) is 0 Å². The fourth-order valence-corrected chi connectivity index (χ4v) is 4.20. The number of rotatable bonds is 6. The lowest BCUT2D eigenvalue weighted by Gasteiger charge is -2.28. The Morgan fingerprint density at radius 3 is 2.47 bits per heavy atom. The Morgan fingerprint density at radius 2 is 1.78 bits per heavy atom. The molecule has 0 saturated carbocycles. The van der Waals surface area contributed by atoms with Gasteiger partial charge in [-0.15, -0.1) is 0 Å². The molecule has 3 aromatic rings. The van der Waals surface area contributed by atoms with Crippen molar-refractivity contribution in [3.05, 3.63) is 50.2 Å². The normalized spacial score (nSPS) is 15.3. The summed E-state index contributed by atoms with van der Waals surface area (Å²) in [6.07, 6.45) is 2.38. The molecule has 1 aliphatic heterocycles. The molecule has 0 amide bonds. The molecule has 4 rings (SSSR count). The van der Waals surface area contributed by atoms with E-state index in [1.54, 1.807) is 11.6 Å². The van der Waals surface area contributed by atoms with Crippen molar-refractivity contribution in [1.82, 2.24) is 18.7 Å². The third kappa shape index (κ3) is 4.04. The first-order valence-electron chi connectivity index (χ1n) is 11.1. The van der Waals surface area contributed by atoms with Crippen LogP contribution in [0.15, 0.2) is 27.8 Å². The number of piperidine rings is 1. The Bertz CT molecular complexity index is 1250. The van der Waals surface area contributed by atoms with Gasteiger partial charge in [0.15, 0.2) is 11.2 Å². The first kappa shape index (κ1) is 22.1. The molecule has 2 aromatic heterocycles. The molecule has 1 saturated heterocycles. The van der Waals surface area contributed by atoms with Gasteiger partial charge in [0.1, 0.15) is 18.5 Å². The predicted molar refractivity (Wildman–Crippen MR) is 124 cm³/mol. The molecule has 0 radical (unpaired) electrons. The monoisotopic (exact) mass is 441 g/mol. The summed E-state index contributed by atoms with van der Waals surface area (Å²) in [5, 5.41) is 10.8. The second-order valence-corrected chi connectivity index (χ2v) is 8.66. The van der Waals surface area contributed by atoms with Gasteiger partial charge in [0, 0.05) is 27.2 Å². The molecular weight excluding hydrogens is 410 g/mol. The number of aromatic nitrogens is 4. The van der Waals surface area contributed by atoms with Crippen molar-refractivity contribution in [2.45, 2.75) is 45.8 Å². The minimum absolute atomic E-state index is 0.0771. The third-order valence-electron chi connectivity index (χ3n) is 6.28. The molecule has 172 valence electrons. The van der Waals surface area contributed by atoms with Crippen molar-refractivity contribution < 1.29 is 9.84 Å². The van der Waals surface area contributed by atoms with Crippen LogP contribution < -0.4 is 20.9 Å². The molecule has 1 aliphatic rings. The lowest BCUT2D eigenvalue weighted by atomic mass is 10.1. The van der Waals surface area contributed by atoms with Crippen molar-refractivity contribution in [2.75, 3.05) is 24.6 Å². The van der Waals surface area contributed by atoms with Crippen molar-refractivity contribution in [1.29, 1.82) is 0 Å². The molecule has 1 atom stereocenters. The summed E-state index contributed by atoms with van der Waals surface area (Å²) in [7, 11) is 3.07. The van der Waals surface area contributed by atoms with Crippen LogP contribution in [0.25, 0.3) is 11.2 Å². The Hall–Kier alpha value is -3.07. The average Bonchev–Trinajstić information content (AvgIpc) is 3.17. The van der Waals surface area contributed by atoms with Gasteiger partial charge < -0.3 is 19.3 Å². The van der Waals surface area contributed by atoms with E-state index in [4.69, 9.17) is 4.74 Å². The first-order chi connectivity index (χ1) is 15.3. The fourth-order valence-electron chi connectivity index (χ4n) is 4.20. The molecule has 0 spiro atoms. The van der Waals surface area contributed by atoms with E-state index in [0.717, 1.165) is 42.5 Å². The highest BCUT2D eigenvalue weighted by Gasteiger charge is 2.25. The number of anilines is 1. The van der Waals surface area contributed by atoms with Crippen LogP contribution in [0.2, 0.25) is 0 Å². The van der Waals surface area contributed by atoms with Gasteiger partial charge in [-0.3, -0.25) is 13.9 Å². The van der Waals surface area contributed by atoms with Crippen molar-refractivity contribution >= 4 is 17.1 Å². The smallest absolute Gasteiger partial charge is 0.332 e. The first-order valence-corrected chi connectivity index (χ1v) is 11.1. The van der Waals surface area contributed by atoms with E-state index in [2.05, 4.69) is 9.88 Å². The molecule has 32 heavy (non-hydrogen) atoms. The number of aliphatic hydroxyl groups excluding tert-OH is 1. The Kier molecular flexibility index (Phi) is 6.10. The van der Waals surface area contributed by atoms with E-state index in [1.807, 2.05) is 32.0 Å². The summed E-state index contributed by atoms with van der Waals surface area (Å²) in [5.74, 6) is 1.31. The maximum atomic E-state index is 13.0. The summed E-state index contributed by atoms with van der Waals surface area (Å²) >= 11 is 0. The van der Waals surface area contributed by atoms with E-state index in [-0.39, 0.29) is 13.2 Å². The zero-order valence-electron chi connectivity index (χ0n) is 19.2. The number of fused-ring (bicyclic) bond motifs is 1. The molecule has 3 heterocycles. The summed E-state index contributed by atoms with van der Waals surface area (Å²) in [4.78, 5) is 32.2. The summed E-state index contributed by atoms with van der Waals surface area (Å²) in [5.41, 5.74) is 2.11. The van der Waals surface area contributed by atoms with Crippen LogP contribution in [0, 0.1) is 13.8 Å². The topological polar surface area (TPSA) is 94.5 Å². The number of aliphatic hydroxyl groups is 1. The zero-order valence-corrected chi connectivity index (χ0v) is 19.2. The predicted octanol–water partition coefficient (Wildman–Crippen LogP) is 1.48. The highest BCUT2D eigenvalue weighted by atomic mass is 16.5. The minimum atomic E-state index is -0.862. The van der Waals surface area contributed by atoms with E-state index in [1.165, 1.54) is 17.2 Å². The van der Waals surface area contributed by atoms with Crippen LogP contribution in [0.4, 0.5) is 5.95 Å². The van der Waals surface area contributed by atoms with Gasteiger partial charge in [-0.1, -0.05) is 6.07 Å². The summed E-state index contributed by atoms with van der Waals surface area (Å²) in [6.45, 7) is 5.92. The van der Waals surface area contributed by atoms with Gasteiger partial charge >= 0.3 is 5.69 Å². The molecule has 0 aliphatic carbocycles. The largest absolute Gasteiger partial charge is 0.491 e. The number of hydrogen-bond acceptors (Lipinski definition) is 6. The van der Waals surface area contributed by atoms with E-state index in [0.29, 0.717) is 22.9 Å². The maximum absolute atomic E-state index is 13.0. The van der Waals surface area contributed by atoms with Crippen LogP contribution in [-0.4, -0.2) is 49.6 Å². The summed E-state index contributed by atoms with van der Waals surface area (Å²) in [6, 6.07) is 5.81. The molecular formula is C23H31N5O4. The molecule has 9 nitrogen and oxygen atoms in total.